The molecule has 0 fully saturated rings. The average molecular weight is 562 g/mol. The number of methoxy groups -OCH3 is 1. The van der Waals surface area contributed by atoms with Gasteiger partial charge in [-0.3, -0.25) is 4.79 Å². The summed E-state index contributed by atoms with van der Waals surface area (Å²) in [5.74, 6) is -0.519. The van der Waals surface area contributed by atoms with Crippen LogP contribution >= 0.6 is 23.2 Å². The molecular formula is C24H20Cl2F3NO5S. The lowest BCUT2D eigenvalue weighted by Gasteiger charge is -2.23. The number of amides is 1. The molecule has 0 radical (unpaired) electrons. The molecule has 0 bridgehead atoms. The summed E-state index contributed by atoms with van der Waals surface area (Å²) in [5.41, 5.74) is -0.359. The zero-order valence-electron chi connectivity index (χ0n) is 18.8. The SMILES string of the molecule is COCCN(Cc1cccc(OS(=O)(=O)c2cccc(C(F)(F)F)c2)c1)C(=O)c1cc(Cl)cc(Cl)c1. The van der Waals surface area contributed by atoms with Gasteiger partial charge in [-0.05, 0) is 54.1 Å². The van der Waals surface area contributed by atoms with Crippen LogP contribution in [0.4, 0.5) is 13.2 Å². The zero-order valence-corrected chi connectivity index (χ0v) is 21.1. The molecule has 0 saturated carbocycles. The Kier molecular flexibility index (Phi) is 8.89. The van der Waals surface area contributed by atoms with Crippen LogP contribution in [0.1, 0.15) is 21.5 Å². The molecule has 0 aliphatic heterocycles. The van der Waals surface area contributed by atoms with Crippen molar-refractivity contribution in [3.05, 3.63) is 93.5 Å². The monoisotopic (exact) mass is 561 g/mol. The van der Waals surface area contributed by atoms with E-state index < -0.39 is 26.8 Å². The number of carbonyl (C=O) groups is 1. The quantitative estimate of drug-likeness (QED) is 0.296. The Labute approximate surface area is 216 Å². The van der Waals surface area contributed by atoms with Crippen molar-refractivity contribution >= 4 is 39.2 Å². The Bertz CT molecular complexity index is 1330. The van der Waals surface area contributed by atoms with Crippen molar-refractivity contribution in [3.8, 4) is 5.75 Å². The molecule has 12 heteroatoms. The van der Waals surface area contributed by atoms with E-state index in [0.29, 0.717) is 11.6 Å². The fourth-order valence-corrected chi connectivity index (χ4v) is 4.73. The molecule has 3 aromatic carbocycles. The van der Waals surface area contributed by atoms with Crippen LogP contribution in [-0.4, -0.2) is 39.5 Å². The predicted octanol–water partition coefficient (Wildman–Crippen LogP) is 6.07. The van der Waals surface area contributed by atoms with Gasteiger partial charge >= 0.3 is 16.3 Å². The molecule has 36 heavy (non-hydrogen) atoms. The summed E-state index contributed by atoms with van der Waals surface area (Å²) < 4.78 is 74.4. The van der Waals surface area contributed by atoms with Crippen molar-refractivity contribution in [1.82, 2.24) is 4.90 Å². The number of ether oxygens (including phenoxy) is 1. The number of carbonyl (C=O) groups excluding carboxylic acids is 1. The molecule has 0 atom stereocenters. The second kappa shape index (κ2) is 11.5. The maximum absolute atomic E-state index is 13.1. The number of hydrogen-bond acceptors (Lipinski definition) is 5. The van der Waals surface area contributed by atoms with Crippen LogP contribution in [0.5, 0.6) is 5.75 Å². The van der Waals surface area contributed by atoms with E-state index in [0.717, 1.165) is 18.2 Å². The van der Waals surface area contributed by atoms with Gasteiger partial charge < -0.3 is 13.8 Å². The van der Waals surface area contributed by atoms with Gasteiger partial charge in [0.2, 0.25) is 0 Å². The van der Waals surface area contributed by atoms with Crippen LogP contribution in [0.25, 0.3) is 0 Å². The summed E-state index contributed by atoms with van der Waals surface area (Å²) in [5, 5.41) is 0.570. The molecule has 0 aromatic heterocycles. The maximum atomic E-state index is 13.1. The zero-order chi connectivity index (χ0) is 26.5. The van der Waals surface area contributed by atoms with Gasteiger partial charge in [0.1, 0.15) is 10.6 Å². The number of halogens is 5. The van der Waals surface area contributed by atoms with Gasteiger partial charge in [0.05, 0.1) is 12.2 Å². The Morgan fingerprint density at radius 1 is 0.972 bits per heavy atom. The topological polar surface area (TPSA) is 72.9 Å². The summed E-state index contributed by atoms with van der Waals surface area (Å²) in [6, 6.07) is 13.5. The Morgan fingerprint density at radius 3 is 2.28 bits per heavy atom. The first-order valence-electron chi connectivity index (χ1n) is 10.3. The van der Waals surface area contributed by atoms with Crippen molar-refractivity contribution in [2.45, 2.75) is 17.6 Å². The molecule has 0 aliphatic rings. The standard InChI is InChI=1S/C24H20Cl2F3NO5S/c1-34-9-8-30(23(31)17-11-19(25)14-20(26)12-17)15-16-4-2-6-21(10-16)35-36(32,33)22-7-3-5-18(13-22)24(27,28)29/h2-7,10-14H,8-9,15H2,1H3. The fourth-order valence-electron chi connectivity index (χ4n) is 3.23. The lowest BCUT2D eigenvalue weighted by molar-refractivity contribution is -0.137. The molecule has 192 valence electrons. The molecule has 0 aliphatic carbocycles. The van der Waals surface area contributed by atoms with Crippen LogP contribution in [0.3, 0.4) is 0 Å². The largest absolute Gasteiger partial charge is 0.416 e. The number of alkyl halides is 3. The maximum Gasteiger partial charge on any atom is 0.416 e. The predicted molar refractivity (Wildman–Crippen MR) is 129 cm³/mol. The Morgan fingerprint density at radius 2 is 1.64 bits per heavy atom. The van der Waals surface area contributed by atoms with E-state index in [1.54, 1.807) is 6.07 Å². The molecule has 3 rings (SSSR count). The van der Waals surface area contributed by atoms with Crippen LogP contribution in [-0.2, 0) is 27.6 Å². The molecule has 3 aromatic rings. The van der Waals surface area contributed by atoms with Crippen LogP contribution in [0.2, 0.25) is 10.0 Å². The number of hydrogen-bond donors (Lipinski definition) is 0. The Hall–Kier alpha value is -2.79. The van der Waals surface area contributed by atoms with E-state index in [9.17, 15) is 26.4 Å². The molecule has 0 heterocycles. The van der Waals surface area contributed by atoms with Gasteiger partial charge in [0, 0.05) is 35.8 Å². The summed E-state index contributed by atoms with van der Waals surface area (Å²) in [4.78, 5) is 13.9. The lowest BCUT2D eigenvalue weighted by atomic mass is 10.1. The van der Waals surface area contributed by atoms with E-state index in [1.165, 1.54) is 48.4 Å². The summed E-state index contributed by atoms with van der Waals surface area (Å²) in [7, 11) is -3.08. The molecule has 0 saturated heterocycles. The van der Waals surface area contributed by atoms with Gasteiger partial charge in [-0.2, -0.15) is 21.6 Å². The number of rotatable bonds is 9. The number of benzene rings is 3. The second-order valence-electron chi connectivity index (χ2n) is 7.59. The summed E-state index contributed by atoms with van der Waals surface area (Å²) in [6.45, 7) is 0.473. The van der Waals surface area contributed by atoms with Crippen molar-refractivity contribution in [2.24, 2.45) is 0 Å². The van der Waals surface area contributed by atoms with Crippen LogP contribution in [0, 0.1) is 0 Å². The third-order valence-electron chi connectivity index (χ3n) is 4.89. The van der Waals surface area contributed by atoms with Crippen molar-refractivity contribution in [3.63, 3.8) is 0 Å². The first-order valence-corrected chi connectivity index (χ1v) is 12.5. The molecule has 1 amide bonds. The lowest BCUT2D eigenvalue weighted by Crippen LogP contribution is -2.33. The molecule has 0 N–H and O–H groups in total. The minimum atomic E-state index is -4.71. The summed E-state index contributed by atoms with van der Waals surface area (Å²) >= 11 is 12.0. The van der Waals surface area contributed by atoms with E-state index in [-0.39, 0.29) is 47.0 Å². The number of nitrogens with zero attached hydrogens (tertiary/aromatic N) is 1. The third kappa shape index (κ3) is 7.36. The van der Waals surface area contributed by atoms with Crippen LogP contribution in [0.15, 0.2) is 71.6 Å². The highest BCUT2D eigenvalue weighted by Crippen LogP contribution is 2.31. The van der Waals surface area contributed by atoms with E-state index in [2.05, 4.69) is 0 Å². The van der Waals surface area contributed by atoms with Gasteiger partial charge in [0.15, 0.2) is 0 Å². The van der Waals surface area contributed by atoms with Crippen LogP contribution < -0.4 is 4.18 Å². The third-order valence-corrected chi connectivity index (χ3v) is 6.57. The average Bonchev–Trinajstić information content (AvgIpc) is 2.80. The summed E-state index contributed by atoms with van der Waals surface area (Å²) in [6.07, 6.45) is -4.71. The molecule has 0 unspecified atom stereocenters. The minimum Gasteiger partial charge on any atom is -0.383 e. The second-order valence-corrected chi connectivity index (χ2v) is 10.0. The van der Waals surface area contributed by atoms with E-state index in [1.807, 2.05) is 0 Å². The normalized spacial score (nSPS) is 11.8. The highest BCUT2D eigenvalue weighted by molar-refractivity contribution is 7.87. The molecule has 6 nitrogen and oxygen atoms in total. The highest BCUT2D eigenvalue weighted by atomic mass is 35.5. The van der Waals surface area contributed by atoms with Crippen molar-refractivity contribution in [2.75, 3.05) is 20.3 Å². The van der Waals surface area contributed by atoms with E-state index in [4.69, 9.17) is 32.1 Å². The fraction of sp³-hybridized carbons (Fsp3) is 0.208. The first kappa shape index (κ1) is 27.8. The first-order chi connectivity index (χ1) is 16.9. The molecule has 0 spiro atoms. The molecular weight excluding hydrogens is 542 g/mol. The van der Waals surface area contributed by atoms with E-state index >= 15 is 0 Å². The van der Waals surface area contributed by atoms with Gasteiger partial charge in [0.25, 0.3) is 5.91 Å². The van der Waals surface area contributed by atoms with Gasteiger partial charge in [-0.15, -0.1) is 0 Å². The van der Waals surface area contributed by atoms with Crippen molar-refractivity contribution < 1.29 is 35.3 Å². The van der Waals surface area contributed by atoms with Gasteiger partial charge in [-0.1, -0.05) is 41.4 Å². The highest BCUT2D eigenvalue weighted by Gasteiger charge is 2.32. The minimum absolute atomic E-state index is 0.0487. The Balaban J connectivity index is 1.84. The van der Waals surface area contributed by atoms with Gasteiger partial charge in [-0.25, -0.2) is 0 Å². The smallest absolute Gasteiger partial charge is 0.383 e. The van der Waals surface area contributed by atoms with Crippen molar-refractivity contribution in [1.29, 1.82) is 0 Å².